The third-order valence-electron chi connectivity index (χ3n) is 2.19. The van der Waals surface area contributed by atoms with Gasteiger partial charge in [-0.15, -0.1) is 11.8 Å². The molecule has 0 spiro atoms. The molecular formula is C12H18N2S. The Morgan fingerprint density at radius 2 is 2.13 bits per heavy atom. The summed E-state index contributed by atoms with van der Waals surface area (Å²) in [7, 11) is 0. The molecule has 3 N–H and O–H groups in total. The Labute approximate surface area is 95.8 Å². The van der Waals surface area contributed by atoms with Crippen LogP contribution in [0.25, 0.3) is 0 Å². The summed E-state index contributed by atoms with van der Waals surface area (Å²) in [6.07, 6.45) is 1.69. The van der Waals surface area contributed by atoms with Crippen LogP contribution in [0.5, 0.6) is 0 Å². The van der Waals surface area contributed by atoms with Gasteiger partial charge in [0.2, 0.25) is 0 Å². The van der Waals surface area contributed by atoms with E-state index in [1.54, 1.807) is 0 Å². The van der Waals surface area contributed by atoms with Gasteiger partial charge in [-0.2, -0.15) is 0 Å². The van der Waals surface area contributed by atoms with Gasteiger partial charge in [-0.25, -0.2) is 0 Å². The monoisotopic (exact) mass is 222 g/mol. The van der Waals surface area contributed by atoms with Gasteiger partial charge in [0.15, 0.2) is 0 Å². The van der Waals surface area contributed by atoms with Gasteiger partial charge in [0, 0.05) is 11.3 Å². The van der Waals surface area contributed by atoms with Crippen molar-refractivity contribution in [1.82, 2.24) is 0 Å². The van der Waals surface area contributed by atoms with E-state index in [9.17, 15) is 0 Å². The molecule has 0 aromatic heterocycles. The van der Waals surface area contributed by atoms with Gasteiger partial charge in [0.25, 0.3) is 0 Å². The van der Waals surface area contributed by atoms with Gasteiger partial charge in [-0.05, 0) is 37.7 Å². The van der Waals surface area contributed by atoms with Gasteiger partial charge in [0.05, 0.1) is 5.84 Å². The topological polar surface area (TPSA) is 49.9 Å². The summed E-state index contributed by atoms with van der Waals surface area (Å²) >= 11 is 1.85. The number of aryl methyl sites for hydroxylation is 2. The Kier molecular flexibility index (Phi) is 4.69. The van der Waals surface area contributed by atoms with Crippen molar-refractivity contribution in [2.24, 2.45) is 5.73 Å². The lowest BCUT2D eigenvalue weighted by atomic mass is 10.2. The average Bonchev–Trinajstić information content (AvgIpc) is 2.17. The van der Waals surface area contributed by atoms with Crippen LogP contribution >= 0.6 is 11.8 Å². The molecule has 0 unspecified atom stereocenters. The zero-order valence-electron chi connectivity index (χ0n) is 9.34. The Morgan fingerprint density at radius 1 is 1.40 bits per heavy atom. The minimum atomic E-state index is 0.288. The number of thioether (sulfide) groups is 1. The Hall–Kier alpha value is -0.960. The normalized spacial score (nSPS) is 10.3. The third-order valence-corrected chi connectivity index (χ3v) is 3.44. The van der Waals surface area contributed by atoms with Crippen molar-refractivity contribution in [3.8, 4) is 0 Å². The molecule has 0 fully saturated rings. The van der Waals surface area contributed by atoms with E-state index in [-0.39, 0.29) is 5.84 Å². The van der Waals surface area contributed by atoms with Crippen LogP contribution in [0.2, 0.25) is 0 Å². The van der Waals surface area contributed by atoms with Crippen molar-refractivity contribution >= 4 is 17.6 Å². The van der Waals surface area contributed by atoms with Crippen molar-refractivity contribution in [2.75, 3.05) is 5.75 Å². The molecule has 1 rings (SSSR count). The average molecular weight is 222 g/mol. The van der Waals surface area contributed by atoms with Crippen LogP contribution < -0.4 is 5.73 Å². The predicted octanol–water partition coefficient (Wildman–Crippen LogP) is 3.11. The second kappa shape index (κ2) is 5.81. The molecule has 82 valence electrons. The molecule has 3 heteroatoms. The lowest BCUT2D eigenvalue weighted by molar-refractivity contribution is 0.987. The van der Waals surface area contributed by atoms with Crippen LogP contribution in [0.3, 0.4) is 0 Å². The summed E-state index contributed by atoms with van der Waals surface area (Å²) in [5.74, 6) is 1.32. The zero-order chi connectivity index (χ0) is 11.3. The van der Waals surface area contributed by atoms with Crippen LogP contribution in [-0.2, 0) is 0 Å². The lowest BCUT2D eigenvalue weighted by Gasteiger charge is -2.06. The number of benzene rings is 1. The fourth-order valence-electron chi connectivity index (χ4n) is 1.31. The largest absolute Gasteiger partial charge is 0.388 e. The highest BCUT2D eigenvalue weighted by molar-refractivity contribution is 7.99. The molecule has 0 radical (unpaired) electrons. The summed E-state index contributed by atoms with van der Waals surface area (Å²) in [5.41, 5.74) is 7.93. The molecule has 0 aliphatic heterocycles. The van der Waals surface area contributed by atoms with E-state index in [4.69, 9.17) is 11.1 Å². The molecule has 0 bridgehead atoms. The summed E-state index contributed by atoms with van der Waals surface area (Å²) in [5, 5.41) is 7.12. The highest BCUT2D eigenvalue weighted by atomic mass is 32.2. The van der Waals surface area contributed by atoms with Crippen molar-refractivity contribution < 1.29 is 0 Å². The van der Waals surface area contributed by atoms with Crippen LogP contribution in [0.1, 0.15) is 24.0 Å². The van der Waals surface area contributed by atoms with Crippen LogP contribution in [0.15, 0.2) is 23.1 Å². The van der Waals surface area contributed by atoms with Crippen LogP contribution in [0.4, 0.5) is 0 Å². The number of hydrogen-bond donors (Lipinski definition) is 2. The first-order valence-electron chi connectivity index (χ1n) is 5.12. The second-order valence-electron chi connectivity index (χ2n) is 3.75. The van der Waals surface area contributed by atoms with Gasteiger partial charge >= 0.3 is 0 Å². The second-order valence-corrected chi connectivity index (χ2v) is 4.88. The van der Waals surface area contributed by atoms with E-state index in [1.165, 1.54) is 16.0 Å². The highest BCUT2D eigenvalue weighted by Gasteiger charge is 1.99. The van der Waals surface area contributed by atoms with Gasteiger partial charge < -0.3 is 5.73 Å². The maximum Gasteiger partial charge on any atom is 0.0905 e. The quantitative estimate of drug-likeness (QED) is 0.348. The molecule has 0 heterocycles. The molecule has 1 aromatic rings. The van der Waals surface area contributed by atoms with Crippen molar-refractivity contribution in [3.63, 3.8) is 0 Å². The lowest BCUT2D eigenvalue weighted by Crippen LogP contribution is -2.08. The van der Waals surface area contributed by atoms with E-state index in [0.29, 0.717) is 6.42 Å². The van der Waals surface area contributed by atoms with Gasteiger partial charge in [0.1, 0.15) is 0 Å². The van der Waals surface area contributed by atoms with E-state index in [0.717, 1.165) is 12.2 Å². The minimum Gasteiger partial charge on any atom is -0.388 e. The number of hydrogen-bond acceptors (Lipinski definition) is 2. The standard InChI is InChI=1S/C12H18N2S/c1-9-5-6-10(2)11(8-9)15-7-3-4-12(13)14/h5-6,8H,3-4,7H2,1-2H3,(H3,13,14). The van der Waals surface area contributed by atoms with Crippen LogP contribution in [0, 0.1) is 19.3 Å². The SMILES string of the molecule is Cc1ccc(C)c(SCCCC(=N)N)c1. The summed E-state index contributed by atoms with van der Waals surface area (Å²) < 4.78 is 0. The van der Waals surface area contributed by atoms with Gasteiger partial charge in [-0.1, -0.05) is 17.7 Å². The van der Waals surface area contributed by atoms with Crippen molar-refractivity contribution in [3.05, 3.63) is 29.3 Å². The maximum atomic E-state index is 7.12. The molecule has 0 amide bonds. The molecule has 2 nitrogen and oxygen atoms in total. The maximum absolute atomic E-state index is 7.12. The molecule has 0 saturated heterocycles. The Morgan fingerprint density at radius 3 is 2.80 bits per heavy atom. The Balaban J connectivity index is 2.43. The van der Waals surface area contributed by atoms with Gasteiger partial charge in [-0.3, -0.25) is 5.41 Å². The fourth-order valence-corrected chi connectivity index (χ4v) is 2.38. The molecule has 15 heavy (non-hydrogen) atoms. The van der Waals surface area contributed by atoms with E-state index in [1.807, 2.05) is 11.8 Å². The number of amidine groups is 1. The first-order chi connectivity index (χ1) is 7.09. The summed E-state index contributed by atoms with van der Waals surface area (Å²) in [6, 6.07) is 6.51. The third kappa shape index (κ3) is 4.38. The number of rotatable bonds is 5. The molecule has 0 aliphatic carbocycles. The van der Waals surface area contributed by atoms with Crippen molar-refractivity contribution in [1.29, 1.82) is 5.41 Å². The van der Waals surface area contributed by atoms with E-state index >= 15 is 0 Å². The zero-order valence-corrected chi connectivity index (χ0v) is 10.2. The number of nitrogens with one attached hydrogen (secondary N) is 1. The first kappa shape index (κ1) is 12.1. The molecular weight excluding hydrogens is 204 g/mol. The summed E-state index contributed by atoms with van der Waals surface area (Å²) in [4.78, 5) is 1.35. The van der Waals surface area contributed by atoms with Crippen LogP contribution in [-0.4, -0.2) is 11.6 Å². The molecule has 0 saturated carbocycles. The highest BCUT2D eigenvalue weighted by Crippen LogP contribution is 2.24. The molecule has 0 atom stereocenters. The summed E-state index contributed by atoms with van der Waals surface area (Å²) in [6.45, 7) is 4.24. The molecule has 0 aliphatic rings. The molecule has 1 aromatic carbocycles. The first-order valence-corrected chi connectivity index (χ1v) is 6.11. The predicted molar refractivity (Wildman–Crippen MR) is 67.8 cm³/mol. The van der Waals surface area contributed by atoms with E-state index < -0.39 is 0 Å². The number of nitrogens with two attached hydrogens (primary N) is 1. The Bertz CT molecular complexity index is 347. The van der Waals surface area contributed by atoms with E-state index in [2.05, 4.69) is 32.0 Å². The smallest absolute Gasteiger partial charge is 0.0905 e. The van der Waals surface area contributed by atoms with Crippen molar-refractivity contribution in [2.45, 2.75) is 31.6 Å². The minimum absolute atomic E-state index is 0.288. The fraction of sp³-hybridized carbons (Fsp3) is 0.417.